The fraction of sp³-hybridized carbons (Fsp3) is 0.333. The first-order chi connectivity index (χ1) is 11.0. The molecule has 0 bridgehead atoms. The number of aromatic nitrogens is 2. The van der Waals surface area contributed by atoms with Gasteiger partial charge in [0.25, 0.3) is 11.5 Å². The summed E-state index contributed by atoms with van der Waals surface area (Å²) in [7, 11) is 1.62. The van der Waals surface area contributed by atoms with Gasteiger partial charge in [0, 0.05) is 38.0 Å². The van der Waals surface area contributed by atoms with E-state index >= 15 is 0 Å². The minimum absolute atomic E-state index is 0.170. The van der Waals surface area contributed by atoms with Crippen molar-refractivity contribution < 1.29 is 9.59 Å². The van der Waals surface area contributed by atoms with Gasteiger partial charge < -0.3 is 14.8 Å². The van der Waals surface area contributed by atoms with Gasteiger partial charge in [-0.05, 0) is 12.1 Å². The smallest absolute Gasteiger partial charge is 0.263 e. The average Bonchev–Trinajstić information content (AvgIpc) is 2.89. The zero-order chi connectivity index (χ0) is 16.6. The lowest BCUT2D eigenvalue weighted by atomic mass is 10.1. The van der Waals surface area contributed by atoms with Gasteiger partial charge in [0.2, 0.25) is 5.91 Å². The number of fused-ring (bicyclic) bond motifs is 1. The molecule has 0 radical (unpaired) electrons. The van der Waals surface area contributed by atoms with Crippen molar-refractivity contribution in [2.75, 3.05) is 11.9 Å². The lowest BCUT2D eigenvalue weighted by Gasteiger charge is -2.25. The fourth-order valence-electron chi connectivity index (χ4n) is 2.50. The minimum Gasteiger partial charge on any atom is -0.333 e. The van der Waals surface area contributed by atoms with Gasteiger partial charge >= 0.3 is 0 Å². The summed E-state index contributed by atoms with van der Waals surface area (Å²) in [5.74, 6) is -0.442. The zero-order valence-corrected chi connectivity index (χ0v) is 13.6. The summed E-state index contributed by atoms with van der Waals surface area (Å²) >= 11 is 1.37. The van der Waals surface area contributed by atoms with Gasteiger partial charge in [-0.1, -0.05) is 11.3 Å². The van der Waals surface area contributed by atoms with Crippen LogP contribution in [0.3, 0.4) is 0 Å². The molecule has 1 aliphatic heterocycles. The molecule has 0 aromatic carbocycles. The summed E-state index contributed by atoms with van der Waals surface area (Å²) in [5.41, 5.74) is 0.778. The Morgan fingerprint density at radius 2 is 2.17 bits per heavy atom. The van der Waals surface area contributed by atoms with Crippen LogP contribution in [0, 0.1) is 0 Å². The Morgan fingerprint density at radius 1 is 1.39 bits per heavy atom. The normalized spacial score (nSPS) is 13.6. The highest BCUT2D eigenvalue weighted by atomic mass is 32.1. The Morgan fingerprint density at radius 3 is 2.91 bits per heavy atom. The van der Waals surface area contributed by atoms with E-state index in [9.17, 15) is 14.4 Å². The molecule has 0 fully saturated rings. The highest BCUT2D eigenvalue weighted by molar-refractivity contribution is 7.15. The number of hydrogen-bond acceptors (Lipinski definition) is 5. The van der Waals surface area contributed by atoms with E-state index in [1.165, 1.54) is 22.8 Å². The maximum Gasteiger partial charge on any atom is 0.263 e. The molecule has 2 aromatic heterocycles. The van der Waals surface area contributed by atoms with E-state index in [1.807, 2.05) is 0 Å². The third-order valence-electron chi connectivity index (χ3n) is 3.66. The predicted octanol–water partition coefficient (Wildman–Crippen LogP) is 0.999. The highest BCUT2D eigenvalue weighted by Crippen LogP contribution is 2.28. The Kier molecular flexibility index (Phi) is 3.99. The summed E-state index contributed by atoms with van der Waals surface area (Å²) in [6, 6.07) is 3.24. The Balaban J connectivity index is 1.82. The third kappa shape index (κ3) is 3.02. The van der Waals surface area contributed by atoms with Crippen molar-refractivity contribution in [3.63, 3.8) is 0 Å². The lowest BCUT2D eigenvalue weighted by molar-refractivity contribution is -0.114. The van der Waals surface area contributed by atoms with E-state index in [-0.39, 0.29) is 22.9 Å². The summed E-state index contributed by atoms with van der Waals surface area (Å²) in [6.45, 7) is 2.35. The van der Waals surface area contributed by atoms with Crippen LogP contribution in [0.5, 0.6) is 0 Å². The van der Waals surface area contributed by atoms with Crippen LogP contribution in [0.4, 0.5) is 5.13 Å². The van der Waals surface area contributed by atoms with Crippen molar-refractivity contribution in [3.05, 3.63) is 44.8 Å². The van der Waals surface area contributed by atoms with Crippen molar-refractivity contribution in [2.45, 2.75) is 19.9 Å². The van der Waals surface area contributed by atoms with E-state index in [4.69, 9.17) is 0 Å². The summed E-state index contributed by atoms with van der Waals surface area (Å²) < 4.78 is 1.39. The second kappa shape index (κ2) is 5.96. The van der Waals surface area contributed by atoms with Crippen LogP contribution in [0.25, 0.3) is 0 Å². The molecule has 23 heavy (non-hydrogen) atoms. The molecule has 1 N–H and O–H groups in total. The number of hydrogen-bond donors (Lipinski definition) is 1. The molecule has 0 atom stereocenters. The number of rotatable bonds is 2. The van der Waals surface area contributed by atoms with E-state index in [0.29, 0.717) is 24.6 Å². The molecule has 2 aromatic rings. The van der Waals surface area contributed by atoms with E-state index in [2.05, 4.69) is 10.3 Å². The van der Waals surface area contributed by atoms with Crippen molar-refractivity contribution in [1.29, 1.82) is 0 Å². The molecule has 0 spiro atoms. The van der Waals surface area contributed by atoms with Crippen molar-refractivity contribution in [1.82, 2.24) is 14.5 Å². The van der Waals surface area contributed by atoms with Crippen LogP contribution in [-0.4, -0.2) is 32.8 Å². The lowest BCUT2D eigenvalue weighted by Crippen LogP contribution is -2.39. The molecule has 7 nitrogen and oxygen atoms in total. The number of carbonyl (C=O) groups excluding carboxylic acids is 2. The van der Waals surface area contributed by atoms with Gasteiger partial charge in [-0.2, -0.15) is 0 Å². The van der Waals surface area contributed by atoms with E-state index in [0.717, 1.165) is 10.6 Å². The largest absolute Gasteiger partial charge is 0.333 e. The molecule has 3 rings (SSSR count). The van der Waals surface area contributed by atoms with Crippen LogP contribution < -0.4 is 10.9 Å². The predicted molar refractivity (Wildman–Crippen MR) is 86.5 cm³/mol. The average molecular weight is 332 g/mol. The molecule has 1 aliphatic rings. The molecule has 2 amide bonds. The molecule has 0 saturated carbocycles. The summed E-state index contributed by atoms with van der Waals surface area (Å²) in [5, 5.41) is 3.21. The molecular formula is C15H16N4O3S. The van der Waals surface area contributed by atoms with E-state index in [1.54, 1.807) is 30.3 Å². The molecule has 0 aliphatic carbocycles. The molecule has 8 heteroatoms. The number of thiazole rings is 1. The van der Waals surface area contributed by atoms with Gasteiger partial charge in [-0.15, -0.1) is 0 Å². The molecular weight excluding hydrogens is 316 g/mol. The second-order valence-corrected chi connectivity index (χ2v) is 6.47. The number of anilines is 1. The first kappa shape index (κ1) is 15.4. The van der Waals surface area contributed by atoms with Crippen LogP contribution >= 0.6 is 11.3 Å². The van der Waals surface area contributed by atoms with Gasteiger partial charge in [-0.25, -0.2) is 4.98 Å². The van der Waals surface area contributed by atoms with E-state index < -0.39 is 0 Å². The number of carbonyl (C=O) groups is 2. The number of pyridine rings is 1. The molecule has 0 saturated heterocycles. The second-order valence-electron chi connectivity index (χ2n) is 5.38. The molecule has 0 unspecified atom stereocenters. The zero-order valence-electron chi connectivity index (χ0n) is 12.8. The monoisotopic (exact) mass is 332 g/mol. The Labute approximate surface area is 136 Å². The Bertz CT molecular complexity index is 839. The first-order valence-corrected chi connectivity index (χ1v) is 7.98. The fourth-order valence-corrected chi connectivity index (χ4v) is 3.57. The molecule has 3 heterocycles. The first-order valence-electron chi connectivity index (χ1n) is 7.17. The highest BCUT2D eigenvalue weighted by Gasteiger charge is 2.26. The van der Waals surface area contributed by atoms with Gasteiger partial charge in [0.15, 0.2) is 5.13 Å². The number of nitrogens with one attached hydrogen (secondary N) is 1. The summed E-state index contributed by atoms with van der Waals surface area (Å²) in [4.78, 5) is 42.7. The number of aryl methyl sites for hydroxylation is 1. The van der Waals surface area contributed by atoms with Gasteiger partial charge in [0.05, 0.1) is 12.2 Å². The standard InChI is InChI=1S/C15H16N4O3S/c1-9(20)16-15-17-11-5-7-19(8-12(11)23-15)14(22)10-4-3-6-18(2)13(10)21/h3-4,6H,5,7-8H2,1-2H3,(H,16,17,20). The van der Waals surface area contributed by atoms with Crippen molar-refractivity contribution >= 4 is 28.3 Å². The Hall–Kier alpha value is -2.48. The summed E-state index contributed by atoms with van der Waals surface area (Å²) in [6.07, 6.45) is 2.24. The SMILES string of the molecule is CC(=O)Nc1nc2c(s1)CN(C(=O)c1cccn(C)c1=O)CC2. The van der Waals surface area contributed by atoms with Crippen LogP contribution in [-0.2, 0) is 24.8 Å². The van der Waals surface area contributed by atoms with Crippen molar-refractivity contribution in [2.24, 2.45) is 7.05 Å². The minimum atomic E-state index is -0.300. The quantitative estimate of drug-likeness (QED) is 0.889. The van der Waals surface area contributed by atoms with Crippen LogP contribution in [0.15, 0.2) is 23.1 Å². The van der Waals surface area contributed by atoms with Gasteiger partial charge in [0.1, 0.15) is 5.56 Å². The molecule has 120 valence electrons. The maximum absolute atomic E-state index is 12.6. The van der Waals surface area contributed by atoms with Crippen molar-refractivity contribution in [3.8, 4) is 0 Å². The number of amides is 2. The number of nitrogens with zero attached hydrogens (tertiary/aromatic N) is 3. The van der Waals surface area contributed by atoms with Crippen LogP contribution in [0.1, 0.15) is 27.9 Å². The van der Waals surface area contributed by atoms with Crippen LogP contribution in [0.2, 0.25) is 0 Å². The third-order valence-corrected chi connectivity index (χ3v) is 4.65. The van der Waals surface area contributed by atoms with Gasteiger partial charge in [-0.3, -0.25) is 14.4 Å². The maximum atomic E-state index is 12.6. The topological polar surface area (TPSA) is 84.3 Å².